The summed E-state index contributed by atoms with van der Waals surface area (Å²) in [6, 6.07) is 15.0. The number of nitrogens with zero attached hydrogens (tertiary/aromatic N) is 3. The molecule has 0 saturated carbocycles. The van der Waals surface area contributed by atoms with Gasteiger partial charge in [-0.2, -0.15) is 0 Å². The monoisotopic (exact) mass is 289 g/mol. The molecule has 0 radical (unpaired) electrons. The molecule has 0 aliphatic heterocycles. The number of halogens is 2. The SMILES string of the molecule is Clc1ccc(-c2cnnn2-c2ccccc2Cl)cc1. The minimum atomic E-state index is 0.628. The first-order valence-electron chi connectivity index (χ1n) is 5.67. The van der Waals surface area contributed by atoms with Crippen LogP contribution in [0.4, 0.5) is 0 Å². The molecule has 3 nitrogen and oxygen atoms in total. The minimum Gasteiger partial charge on any atom is -0.211 e. The Morgan fingerprint density at radius 1 is 0.895 bits per heavy atom. The summed E-state index contributed by atoms with van der Waals surface area (Å²) in [7, 11) is 0. The Morgan fingerprint density at radius 3 is 2.37 bits per heavy atom. The fourth-order valence-electron chi connectivity index (χ4n) is 1.85. The first-order valence-corrected chi connectivity index (χ1v) is 6.43. The van der Waals surface area contributed by atoms with Gasteiger partial charge in [0.1, 0.15) is 0 Å². The summed E-state index contributed by atoms with van der Waals surface area (Å²) in [5.74, 6) is 0. The molecule has 0 bridgehead atoms. The van der Waals surface area contributed by atoms with Gasteiger partial charge in [-0.05, 0) is 24.3 Å². The maximum Gasteiger partial charge on any atom is 0.0944 e. The van der Waals surface area contributed by atoms with E-state index in [0.717, 1.165) is 16.9 Å². The molecule has 3 aromatic rings. The van der Waals surface area contributed by atoms with Crippen LogP contribution in [0.15, 0.2) is 54.7 Å². The molecule has 0 aliphatic rings. The van der Waals surface area contributed by atoms with Crippen LogP contribution in [0.5, 0.6) is 0 Å². The second kappa shape index (κ2) is 5.03. The van der Waals surface area contributed by atoms with Crippen LogP contribution >= 0.6 is 23.2 Å². The van der Waals surface area contributed by atoms with Crippen LogP contribution in [-0.2, 0) is 0 Å². The van der Waals surface area contributed by atoms with E-state index in [1.807, 2.05) is 48.5 Å². The number of aromatic nitrogens is 3. The molecular weight excluding hydrogens is 281 g/mol. The Hall–Kier alpha value is -1.84. The van der Waals surface area contributed by atoms with E-state index in [1.54, 1.807) is 10.9 Å². The Bertz CT molecular complexity index is 705. The molecule has 0 saturated heterocycles. The summed E-state index contributed by atoms with van der Waals surface area (Å²) < 4.78 is 1.71. The zero-order chi connectivity index (χ0) is 13.2. The molecule has 0 unspecified atom stereocenters. The van der Waals surface area contributed by atoms with E-state index in [-0.39, 0.29) is 0 Å². The average molecular weight is 290 g/mol. The molecule has 0 aliphatic carbocycles. The Labute approximate surface area is 120 Å². The van der Waals surface area contributed by atoms with Gasteiger partial charge in [0.2, 0.25) is 0 Å². The largest absolute Gasteiger partial charge is 0.211 e. The number of hydrogen-bond donors (Lipinski definition) is 0. The van der Waals surface area contributed by atoms with E-state index in [2.05, 4.69) is 10.3 Å². The maximum atomic E-state index is 6.19. The van der Waals surface area contributed by atoms with Gasteiger partial charge in [-0.3, -0.25) is 0 Å². The third-order valence-electron chi connectivity index (χ3n) is 2.77. The van der Waals surface area contributed by atoms with Gasteiger partial charge in [0.05, 0.1) is 22.6 Å². The van der Waals surface area contributed by atoms with Gasteiger partial charge in [0.15, 0.2) is 0 Å². The number of rotatable bonds is 2. The number of hydrogen-bond acceptors (Lipinski definition) is 2. The molecule has 5 heteroatoms. The van der Waals surface area contributed by atoms with Gasteiger partial charge < -0.3 is 0 Å². The molecule has 0 amide bonds. The minimum absolute atomic E-state index is 0.628. The highest BCUT2D eigenvalue weighted by Crippen LogP contribution is 2.26. The lowest BCUT2D eigenvalue weighted by Gasteiger charge is -2.07. The summed E-state index contributed by atoms with van der Waals surface area (Å²) in [6.07, 6.45) is 1.70. The lowest BCUT2D eigenvalue weighted by atomic mass is 10.1. The topological polar surface area (TPSA) is 30.7 Å². The second-order valence-electron chi connectivity index (χ2n) is 3.99. The molecule has 94 valence electrons. The van der Waals surface area contributed by atoms with Gasteiger partial charge in [-0.15, -0.1) is 5.10 Å². The van der Waals surface area contributed by atoms with Crippen LogP contribution < -0.4 is 0 Å². The van der Waals surface area contributed by atoms with Crippen LogP contribution in [0.1, 0.15) is 0 Å². The quantitative estimate of drug-likeness (QED) is 0.706. The van der Waals surface area contributed by atoms with Crippen molar-refractivity contribution >= 4 is 23.2 Å². The van der Waals surface area contributed by atoms with Crippen LogP contribution in [0, 0.1) is 0 Å². The normalized spacial score (nSPS) is 10.6. The average Bonchev–Trinajstić information content (AvgIpc) is 2.89. The Balaban J connectivity index is 2.13. The van der Waals surface area contributed by atoms with Gasteiger partial charge in [-0.25, -0.2) is 4.68 Å². The van der Waals surface area contributed by atoms with Gasteiger partial charge >= 0.3 is 0 Å². The van der Waals surface area contributed by atoms with E-state index in [0.29, 0.717) is 10.0 Å². The highest BCUT2D eigenvalue weighted by Gasteiger charge is 2.10. The highest BCUT2D eigenvalue weighted by molar-refractivity contribution is 6.32. The zero-order valence-corrected chi connectivity index (χ0v) is 11.3. The molecule has 3 rings (SSSR count). The van der Waals surface area contributed by atoms with Crippen molar-refractivity contribution in [2.45, 2.75) is 0 Å². The molecule has 19 heavy (non-hydrogen) atoms. The molecule has 2 aromatic carbocycles. The molecule has 0 fully saturated rings. The van der Waals surface area contributed by atoms with Crippen molar-refractivity contribution in [3.63, 3.8) is 0 Å². The van der Waals surface area contributed by atoms with Crippen molar-refractivity contribution in [1.82, 2.24) is 15.0 Å². The number of para-hydroxylation sites is 1. The first kappa shape index (κ1) is 12.2. The molecule has 0 N–H and O–H groups in total. The first-order chi connectivity index (χ1) is 9.25. The fraction of sp³-hybridized carbons (Fsp3) is 0. The third kappa shape index (κ3) is 2.35. The van der Waals surface area contributed by atoms with Crippen LogP contribution in [-0.4, -0.2) is 15.0 Å². The third-order valence-corrected chi connectivity index (χ3v) is 3.34. The predicted octanol–water partition coefficient (Wildman–Crippen LogP) is 4.24. The summed E-state index contributed by atoms with van der Waals surface area (Å²) in [4.78, 5) is 0. The predicted molar refractivity (Wildman–Crippen MR) is 76.8 cm³/mol. The van der Waals surface area contributed by atoms with E-state index in [9.17, 15) is 0 Å². The van der Waals surface area contributed by atoms with Crippen LogP contribution in [0.2, 0.25) is 10.0 Å². The van der Waals surface area contributed by atoms with Crippen molar-refractivity contribution in [2.24, 2.45) is 0 Å². The van der Waals surface area contributed by atoms with E-state index in [1.165, 1.54) is 0 Å². The summed E-state index contributed by atoms with van der Waals surface area (Å²) >= 11 is 12.1. The van der Waals surface area contributed by atoms with E-state index >= 15 is 0 Å². The van der Waals surface area contributed by atoms with E-state index in [4.69, 9.17) is 23.2 Å². The van der Waals surface area contributed by atoms with Crippen LogP contribution in [0.25, 0.3) is 16.9 Å². The van der Waals surface area contributed by atoms with Gasteiger partial charge in [-0.1, -0.05) is 52.7 Å². The molecule has 1 aromatic heterocycles. The van der Waals surface area contributed by atoms with Crippen molar-refractivity contribution in [2.75, 3.05) is 0 Å². The lowest BCUT2D eigenvalue weighted by Crippen LogP contribution is -1.99. The number of benzene rings is 2. The molecular formula is C14H9Cl2N3. The lowest BCUT2D eigenvalue weighted by molar-refractivity contribution is 0.808. The smallest absolute Gasteiger partial charge is 0.0944 e. The molecule has 0 spiro atoms. The van der Waals surface area contributed by atoms with E-state index < -0.39 is 0 Å². The van der Waals surface area contributed by atoms with Crippen LogP contribution in [0.3, 0.4) is 0 Å². The van der Waals surface area contributed by atoms with Crippen molar-refractivity contribution in [3.05, 3.63) is 64.8 Å². The van der Waals surface area contributed by atoms with Crippen molar-refractivity contribution < 1.29 is 0 Å². The summed E-state index contributed by atoms with van der Waals surface area (Å²) in [5.41, 5.74) is 2.64. The van der Waals surface area contributed by atoms with Gasteiger partial charge in [0, 0.05) is 10.6 Å². The Morgan fingerprint density at radius 2 is 1.63 bits per heavy atom. The van der Waals surface area contributed by atoms with Gasteiger partial charge in [0.25, 0.3) is 0 Å². The zero-order valence-electron chi connectivity index (χ0n) is 9.79. The Kier molecular flexibility index (Phi) is 3.23. The summed E-state index contributed by atoms with van der Waals surface area (Å²) in [5, 5.41) is 9.38. The fourth-order valence-corrected chi connectivity index (χ4v) is 2.20. The molecule has 1 heterocycles. The molecule has 0 atom stereocenters. The standard InChI is InChI=1S/C14H9Cl2N3/c15-11-7-5-10(6-8-11)14-9-17-18-19(14)13-4-2-1-3-12(13)16/h1-9H. The maximum absolute atomic E-state index is 6.19. The second-order valence-corrected chi connectivity index (χ2v) is 4.83. The van der Waals surface area contributed by atoms with Crippen molar-refractivity contribution in [3.8, 4) is 16.9 Å². The van der Waals surface area contributed by atoms with Crippen molar-refractivity contribution in [1.29, 1.82) is 0 Å². The summed E-state index contributed by atoms with van der Waals surface area (Å²) in [6.45, 7) is 0. The highest BCUT2D eigenvalue weighted by atomic mass is 35.5.